The molecule has 0 amide bonds. The quantitative estimate of drug-likeness (QED) is 0.703. The Balaban J connectivity index is 2.05. The Hall–Kier alpha value is -1.02. The Kier molecular flexibility index (Phi) is 1.29. The molecule has 1 aliphatic heterocycles. The maximum atomic E-state index is 6.12. The molecule has 0 radical (unpaired) electrons. The van der Waals surface area contributed by atoms with E-state index in [1.165, 1.54) is 11.1 Å². The second-order valence-corrected chi connectivity index (χ2v) is 4.08. The molecule has 0 saturated heterocycles. The van der Waals surface area contributed by atoms with Crippen LogP contribution in [0.25, 0.3) is 0 Å². The van der Waals surface area contributed by atoms with E-state index in [4.69, 9.17) is 10.5 Å². The molecule has 0 spiro atoms. The number of nitrogens with two attached hydrogens (primary N) is 1. The van der Waals surface area contributed by atoms with Crippen molar-refractivity contribution in [1.29, 1.82) is 0 Å². The van der Waals surface area contributed by atoms with Crippen molar-refractivity contribution in [2.45, 2.75) is 24.8 Å². The van der Waals surface area contributed by atoms with E-state index in [-0.39, 0.29) is 5.54 Å². The summed E-state index contributed by atoms with van der Waals surface area (Å²) in [7, 11) is 0. The van der Waals surface area contributed by atoms with Crippen molar-refractivity contribution in [3.05, 3.63) is 29.3 Å². The number of hydrogen-bond acceptors (Lipinski definition) is 2. The van der Waals surface area contributed by atoms with Gasteiger partial charge in [0.05, 0.1) is 6.61 Å². The summed E-state index contributed by atoms with van der Waals surface area (Å²) < 4.78 is 5.45. The van der Waals surface area contributed by atoms with Crippen LogP contribution in [0.2, 0.25) is 0 Å². The van der Waals surface area contributed by atoms with Crippen LogP contribution < -0.4 is 10.5 Å². The molecule has 2 N–H and O–H groups in total. The van der Waals surface area contributed by atoms with Crippen molar-refractivity contribution in [3.8, 4) is 5.75 Å². The Bertz CT molecular complexity index is 355. The van der Waals surface area contributed by atoms with Crippen molar-refractivity contribution >= 4 is 0 Å². The summed E-state index contributed by atoms with van der Waals surface area (Å²) in [4.78, 5) is 0. The third-order valence-electron chi connectivity index (χ3n) is 3.05. The van der Waals surface area contributed by atoms with Gasteiger partial charge in [0.1, 0.15) is 5.75 Å². The largest absolute Gasteiger partial charge is 0.493 e. The Labute approximate surface area is 77.7 Å². The molecule has 1 fully saturated rings. The lowest BCUT2D eigenvalue weighted by molar-refractivity contribution is 0.357. The van der Waals surface area contributed by atoms with Gasteiger partial charge in [0.2, 0.25) is 0 Å². The first-order valence-electron chi connectivity index (χ1n) is 4.83. The minimum absolute atomic E-state index is 0.00236. The minimum atomic E-state index is -0.00236. The molecule has 0 aromatic heterocycles. The molecule has 2 nitrogen and oxygen atoms in total. The van der Waals surface area contributed by atoms with E-state index in [0.29, 0.717) is 0 Å². The van der Waals surface area contributed by atoms with Crippen LogP contribution in [-0.4, -0.2) is 6.61 Å². The number of hydrogen-bond donors (Lipinski definition) is 1. The predicted octanol–water partition coefficient (Wildman–Crippen LogP) is 1.57. The molecule has 1 saturated carbocycles. The maximum absolute atomic E-state index is 6.12. The van der Waals surface area contributed by atoms with Crippen molar-refractivity contribution in [1.82, 2.24) is 0 Å². The van der Waals surface area contributed by atoms with Crippen LogP contribution in [0.5, 0.6) is 5.75 Å². The molecule has 0 unspecified atom stereocenters. The van der Waals surface area contributed by atoms with Crippen LogP contribution >= 0.6 is 0 Å². The second-order valence-electron chi connectivity index (χ2n) is 4.08. The first-order chi connectivity index (χ1) is 6.28. The average Bonchev–Trinajstić information content (AvgIpc) is 2.74. The Morgan fingerprint density at radius 2 is 2.15 bits per heavy atom. The molecule has 3 rings (SSSR count). The van der Waals surface area contributed by atoms with Crippen LogP contribution in [0, 0.1) is 0 Å². The molecular formula is C11H13NO. The van der Waals surface area contributed by atoms with Gasteiger partial charge in [-0.15, -0.1) is 0 Å². The SMILES string of the molecule is NC1(c2ccc3c(c2)CCO3)CC1. The van der Waals surface area contributed by atoms with E-state index in [0.717, 1.165) is 31.6 Å². The van der Waals surface area contributed by atoms with Gasteiger partial charge in [-0.1, -0.05) is 12.1 Å². The Morgan fingerprint density at radius 1 is 1.31 bits per heavy atom. The van der Waals surface area contributed by atoms with E-state index < -0.39 is 0 Å². The zero-order chi connectivity index (χ0) is 8.89. The number of rotatable bonds is 1. The summed E-state index contributed by atoms with van der Waals surface area (Å²) in [5, 5.41) is 0. The fraction of sp³-hybridized carbons (Fsp3) is 0.455. The van der Waals surface area contributed by atoms with Crippen molar-refractivity contribution in [2.75, 3.05) is 6.61 Å². The first kappa shape index (κ1) is 7.39. The summed E-state index contributed by atoms with van der Waals surface area (Å²) in [5.74, 6) is 1.05. The van der Waals surface area contributed by atoms with E-state index in [9.17, 15) is 0 Å². The predicted molar refractivity (Wildman–Crippen MR) is 50.7 cm³/mol. The van der Waals surface area contributed by atoms with E-state index in [2.05, 4.69) is 18.2 Å². The summed E-state index contributed by atoms with van der Waals surface area (Å²) in [6.07, 6.45) is 3.30. The molecule has 2 heteroatoms. The lowest BCUT2D eigenvalue weighted by atomic mass is 10.0. The van der Waals surface area contributed by atoms with E-state index >= 15 is 0 Å². The maximum Gasteiger partial charge on any atom is 0.122 e. The molecule has 0 bridgehead atoms. The fourth-order valence-electron chi connectivity index (χ4n) is 1.92. The van der Waals surface area contributed by atoms with Gasteiger partial charge in [0, 0.05) is 12.0 Å². The van der Waals surface area contributed by atoms with Gasteiger partial charge in [-0.05, 0) is 30.0 Å². The number of fused-ring (bicyclic) bond motifs is 1. The van der Waals surface area contributed by atoms with Crippen LogP contribution in [-0.2, 0) is 12.0 Å². The highest BCUT2D eigenvalue weighted by Gasteiger charge is 2.40. The van der Waals surface area contributed by atoms with Crippen LogP contribution in [0.4, 0.5) is 0 Å². The summed E-state index contributed by atoms with van der Waals surface area (Å²) in [5.41, 5.74) is 8.74. The number of ether oxygens (including phenoxy) is 1. The monoisotopic (exact) mass is 175 g/mol. The minimum Gasteiger partial charge on any atom is -0.493 e. The third-order valence-corrected chi connectivity index (χ3v) is 3.05. The summed E-state index contributed by atoms with van der Waals surface area (Å²) in [6.45, 7) is 0.830. The van der Waals surface area contributed by atoms with Gasteiger partial charge < -0.3 is 10.5 Å². The lowest BCUT2D eigenvalue weighted by Crippen LogP contribution is -2.18. The highest BCUT2D eigenvalue weighted by Crippen LogP contribution is 2.44. The molecule has 1 aliphatic carbocycles. The summed E-state index contributed by atoms with van der Waals surface area (Å²) >= 11 is 0. The average molecular weight is 175 g/mol. The van der Waals surface area contributed by atoms with E-state index in [1.807, 2.05) is 0 Å². The van der Waals surface area contributed by atoms with Crippen LogP contribution in [0.3, 0.4) is 0 Å². The normalized spacial score (nSPS) is 22.2. The van der Waals surface area contributed by atoms with Crippen molar-refractivity contribution in [2.24, 2.45) is 5.73 Å². The lowest BCUT2D eigenvalue weighted by Gasteiger charge is -2.09. The van der Waals surface area contributed by atoms with Crippen molar-refractivity contribution in [3.63, 3.8) is 0 Å². The molecule has 1 aromatic rings. The molecule has 1 aromatic carbocycles. The second kappa shape index (κ2) is 2.26. The number of benzene rings is 1. The molecule has 2 aliphatic rings. The van der Waals surface area contributed by atoms with Crippen LogP contribution in [0.15, 0.2) is 18.2 Å². The van der Waals surface area contributed by atoms with Gasteiger partial charge >= 0.3 is 0 Å². The third kappa shape index (κ3) is 1.05. The molecular weight excluding hydrogens is 162 g/mol. The summed E-state index contributed by atoms with van der Waals surface area (Å²) in [6, 6.07) is 6.39. The standard InChI is InChI=1S/C11H13NO/c12-11(4-5-11)9-1-2-10-8(7-9)3-6-13-10/h1-2,7H,3-6,12H2. The molecule has 1 heterocycles. The topological polar surface area (TPSA) is 35.2 Å². The smallest absolute Gasteiger partial charge is 0.122 e. The van der Waals surface area contributed by atoms with Gasteiger partial charge in [0.25, 0.3) is 0 Å². The zero-order valence-corrected chi connectivity index (χ0v) is 7.55. The van der Waals surface area contributed by atoms with Gasteiger partial charge in [-0.25, -0.2) is 0 Å². The zero-order valence-electron chi connectivity index (χ0n) is 7.55. The highest BCUT2D eigenvalue weighted by atomic mass is 16.5. The van der Waals surface area contributed by atoms with Gasteiger partial charge in [-0.3, -0.25) is 0 Å². The van der Waals surface area contributed by atoms with Gasteiger partial charge in [0.15, 0.2) is 0 Å². The van der Waals surface area contributed by atoms with Crippen LogP contribution in [0.1, 0.15) is 24.0 Å². The van der Waals surface area contributed by atoms with E-state index in [1.54, 1.807) is 0 Å². The highest BCUT2D eigenvalue weighted by molar-refractivity contribution is 5.43. The fourth-order valence-corrected chi connectivity index (χ4v) is 1.92. The Morgan fingerprint density at radius 3 is 2.92 bits per heavy atom. The molecule has 68 valence electrons. The van der Waals surface area contributed by atoms with Gasteiger partial charge in [-0.2, -0.15) is 0 Å². The molecule has 13 heavy (non-hydrogen) atoms. The van der Waals surface area contributed by atoms with Crippen molar-refractivity contribution < 1.29 is 4.74 Å². The molecule has 0 atom stereocenters. The first-order valence-corrected chi connectivity index (χ1v) is 4.83.